The average molecular weight is 196 g/mol. The van der Waals surface area contributed by atoms with Gasteiger partial charge in [-0.15, -0.1) is 0 Å². The number of nitrogens with zero attached hydrogens (tertiary/aromatic N) is 1. The molecule has 0 saturated heterocycles. The molecule has 0 aliphatic rings. The highest BCUT2D eigenvalue weighted by Crippen LogP contribution is 2.05. The number of aromatic nitrogens is 1. The van der Waals surface area contributed by atoms with Gasteiger partial charge >= 0.3 is 0 Å². The molecule has 1 amide bonds. The minimum absolute atomic E-state index is 0.0903. The zero-order valence-electron chi connectivity index (χ0n) is 8.33. The van der Waals surface area contributed by atoms with E-state index in [2.05, 4.69) is 10.5 Å². The number of carbonyl (C=O) groups is 2. The van der Waals surface area contributed by atoms with Crippen LogP contribution < -0.4 is 5.32 Å². The fourth-order valence-electron chi connectivity index (χ4n) is 0.893. The third-order valence-electron chi connectivity index (χ3n) is 1.95. The highest BCUT2D eigenvalue weighted by atomic mass is 16.5. The summed E-state index contributed by atoms with van der Waals surface area (Å²) in [7, 11) is 0. The molecule has 5 heteroatoms. The molecule has 76 valence electrons. The van der Waals surface area contributed by atoms with Gasteiger partial charge in [-0.1, -0.05) is 5.16 Å². The van der Waals surface area contributed by atoms with Crippen molar-refractivity contribution < 1.29 is 14.1 Å². The molecule has 1 N–H and O–H groups in total. The summed E-state index contributed by atoms with van der Waals surface area (Å²) < 4.78 is 4.73. The zero-order valence-corrected chi connectivity index (χ0v) is 8.33. The summed E-state index contributed by atoms with van der Waals surface area (Å²) >= 11 is 0. The van der Waals surface area contributed by atoms with Gasteiger partial charge in [0, 0.05) is 0 Å². The normalized spacial score (nSPS) is 12.2. The van der Waals surface area contributed by atoms with Crippen LogP contribution >= 0.6 is 0 Å². The standard InChI is InChI=1S/C9H12N2O3/c1-5(6(2)12)11-9(13)8-4-10-14-7(8)3/h4-5H,1-3H3,(H,11,13). The van der Waals surface area contributed by atoms with Crippen molar-refractivity contribution in [1.82, 2.24) is 10.5 Å². The Bertz CT molecular complexity index is 357. The monoisotopic (exact) mass is 196 g/mol. The Kier molecular flexibility index (Phi) is 3.01. The summed E-state index contributed by atoms with van der Waals surface area (Å²) in [5.74, 6) is 0.0113. The van der Waals surface area contributed by atoms with E-state index in [0.29, 0.717) is 11.3 Å². The highest BCUT2D eigenvalue weighted by molar-refractivity contribution is 5.97. The number of aryl methyl sites for hydroxylation is 1. The molecule has 0 radical (unpaired) electrons. The van der Waals surface area contributed by atoms with Crippen molar-refractivity contribution in [3.63, 3.8) is 0 Å². The third-order valence-corrected chi connectivity index (χ3v) is 1.95. The summed E-state index contributed by atoms with van der Waals surface area (Å²) in [4.78, 5) is 22.4. The van der Waals surface area contributed by atoms with Gasteiger partial charge in [0.15, 0.2) is 5.78 Å². The average Bonchev–Trinajstić information content (AvgIpc) is 2.51. The molecule has 0 aliphatic carbocycles. The van der Waals surface area contributed by atoms with Crippen LogP contribution in [0.4, 0.5) is 0 Å². The molecule has 1 aromatic heterocycles. The molecular formula is C9H12N2O3. The number of rotatable bonds is 3. The van der Waals surface area contributed by atoms with Gasteiger partial charge in [0.2, 0.25) is 0 Å². The van der Waals surface area contributed by atoms with E-state index in [0.717, 1.165) is 0 Å². The lowest BCUT2D eigenvalue weighted by Crippen LogP contribution is -2.37. The first-order valence-corrected chi connectivity index (χ1v) is 4.25. The molecule has 1 rings (SSSR count). The van der Waals surface area contributed by atoms with E-state index in [1.54, 1.807) is 13.8 Å². The SMILES string of the molecule is CC(=O)C(C)NC(=O)c1cnoc1C. The lowest BCUT2D eigenvalue weighted by atomic mass is 10.2. The first kappa shape index (κ1) is 10.4. The molecule has 0 bridgehead atoms. The van der Waals surface area contributed by atoms with E-state index >= 15 is 0 Å². The Hall–Kier alpha value is -1.65. The van der Waals surface area contributed by atoms with Crippen molar-refractivity contribution in [2.75, 3.05) is 0 Å². The van der Waals surface area contributed by atoms with Gasteiger partial charge in [-0.3, -0.25) is 9.59 Å². The molecule has 0 aromatic carbocycles. The van der Waals surface area contributed by atoms with E-state index in [4.69, 9.17) is 4.52 Å². The van der Waals surface area contributed by atoms with E-state index in [1.165, 1.54) is 13.1 Å². The van der Waals surface area contributed by atoms with Crippen LogP contribution in [0.1, 0.15) is 30.0 Å². The Morgan fingerprint density at radius 3 is 2.64 bits per heavy atom. The maximum Gasteiger partial charge on any atom is 0.257 e. The number of Topliss-reactive ketones (excluding diaryl/α,β-unsaturated/α-hetero) is 1. The smallest absolute Gasteiger partial charge is 0.257 e. The van der Waals surface area contributed by atoms with Crippen LogP contribution in [0.5, 0.6) is 0 Å². The molecule has 1 unspecified atom stereocenters. The van der Waals surface area contributed by atoms with Gasteiger partial charge in [0.1, 0.15) is 11.3 Å². The lowest BCUT2D eigenvalue weighted by Gasteiger charge is -2.08. The Balaban J connectivity index is 2.69. The van der Waals surface area contributed by atoms with Gasteiger partial charge in [-0.2, -0.15) is 0 Å². The van der Waals surface area contributed by atoms with Gasteiger partial charge in [0.05, 0.1) is 12.2 Å². The quantitative estimate of drug-likeness (QED) is 0.772. The maximum absolute atomic E-state index is 11.5. The molecule has 0 aliphatic heterocycles. The Morgan fingerprint density at radius 2 is 2.21 bits per heavy atom. The summed E-state index contributed by atoms with van der Waals surface area (Å²) in [6.45, 7) is 4.69. The summed E-state index contributed by atoms with van der Waals surface area (Å²) in [6, 6.07) is -0.489. The number of ketones is 1. The van der Waals surface area contributed by atoms with Crippen molar-refractivity contribution in [3.05, 3.63) is 17.5 Å². The predicted molar refractivity (Wildman–Crippen MR) is 48.8 cm³/mol. The first-order valence-electron chi connectivity index (χ1n) is 4.25. The van der Waals surface area contributed by atoms with Crippen molar-refractivity contribution in [2.45, 2.75) is 26.8 Å². The predicted octanol–water partition coefficient (Wildman–Crippen LogP) is 0.690. The highest BCUT2D eigenvalue weighted by Gasteiger charge is 2.16. The topological polar surface area (TPSA) is 72.2 Å². The largest absolute Gasteiger partial charge is 0.361 e. The van der Waals surface area contributed by atoms with Gasteiger partial charge in [-0.05, 0) is 20.8 Å². The lowest BCUT2D eigenvalue weighted by molar-refractivity contribution is -0.118. The van der Waals surface area contributed by atoms with Crippen molar-refractivity contribution in [1.29, 1.82) is 0 Å². The van der Waals surface area contributed by atoms with E-state index in [1.807, 2.05) is 0 Å². The van der Waals surface area contributed by atoms with Crippen LogP contribution in [0, 0.1) is 6.92 Å². The number of hydrogen-bond acceptors (Lipinski definition) is 4. The fourth-order valence-corrected chi connectivity index (χ4v) is 0.893. The van der Waals surface area contributed by atoms with Crippen LogP contribution in [-0.4, -0.2) is 22.9 Å². The summed E-state index contributed by atoms with van der Waals surface area (Å²) in [5.41, 5.74) is 0.359. The minimum atomic E-state index is -0.489. The van der Waals surface area contributed by atoms with Crippen LogP contribution in [0.15, 0.2) is 10.7 Å². The molecular weight excluding hydrogens is 184 g/mol. The molecule has 1 atom stereocenters. The number of carbonyl (C=O) groups excluding carboxylic acids is 2. The first-order chi connectivity index (χ1) is 6.52. The second-order valence-electron chi connectivity index (χ2n) is 3.10. The van der Waals surface area contributed by atoms with Crippen LogP contribution in [0.3, 0.4) is 0 Å². The van der Waals surface area contributed by atoms with Crippen LogP contribution in [-0.2, 0) is 4.79 Å². The van der Waals surface area contributed by atoms with Crippen LogP contribution in [0.2, 0.25) is 0 Å². The number of hydrogen-bond donors (Lipinski definition) is 1. The Morgan fingerprint density at radius 1 is 1.57 bits per heavy atom. The number of amides is 1. The molecule has 0 spiro atoms. The van der Waals surface area contributed by atoms with Gasteiger partial charge in [0.25, 0.3) is 5.91 Å². The summed E-state index contributed by atoms with van der Waals surface area (Å²) in [5, 5.41) is 6.01. The van der Waals surface area contributed by atoms with Crippen molar-refractivity contribution in [2.24, 2.45) is 0 Å². The zero-order chi connectivity index (χ0) is 10.7. The maximum atomic E-state index is 11.5. The molecule has 1 heterocycles. The van der Waals surface area contributed by atoms with E-state index < -0.39 is 6.04 Å². The minimum Gasteiger partial charge on any atom is -0.361 e. The summed E-state index contributed by atoms with van der Waals surface area (Å²) in [6.07, 6.45) is 1.33. The molecule has 1 aromatic rings. The van der Waals surface area contributed by atoms with E-state index in [9.17, 15) is 9.59 Å². The second kappa shape index (κ2) is 4.04. The third kappa shape index (κ3) is 2.18. The molecule has 0 fully saturated rings. The number of nitrogens with one attached hydrogen (secondary N) is 1. The second-order valence-corrected chi connectivity index (χ2v) is 3.10. The molecule has 14 heavy (non-hydrogen) atoms. The van der Waals surface area contributed by atoms with Crippen LogP contribution in [0.25, 0.3) is 0 Å². The van der Waals surface area contributed by atoms with Crippen molar-refractivity contribution >= 4 is 11.7 Å². The molecule has 0 saturated carbocycles. The van der Waals surface area contributed by atoms with E-state index in [-0.39, 0.29) is 11.7 Å². The van der Waals surface area contributed by atoms with Gasteiger partial charge in [-0.25, -0.2) is 0 Å². The van der Waals surface area contributed by atoms with Crippen molar-refractivity contribution in [3.8, 4) is 0 Å². The van der Waals surface area contributed by atoms with Gasteiger partial charge < -0.3 is 9.84 Å². The fraction of sp³-hybridized carbons (Fsp3) is 0.444. The molecule has 5 nitrogen and oxygen atoms in total. The Labute approximate surface area is 81.5 Å².